The third-order valence-corrected chi connectivity index (χ3v) is 4.26. The monoisotopic (exact) mass is 339 g/mol. The number of nitrogens with zero attached hydrogens (tertiary/aromatic N) is 5. The summed E-state index contributed by atoms with van der Waals surface area (Å²) >= 11 is 0. The van der Waals surface area contributed by atoms with Gasteiger partial charge in [-0.2, -0.15) is 5.10 Å². The molecule has 1 amide bonds. The number of aromatic amines is 2. The highest BCUT2D eigenvalue weighted by atomic mass is 16.2. The minimum absolute atomic E-state index is 0.0741. The Morgan fingerprint density at radius 2 is 2.04 bits per heavy atom. The van der Waals surface area contributed by atoms with Crippen LogP contribution in [0.4, 0.5) is 5.82 Å². The van der Waals surface area contributed by atoms with Crippen molar-refractivity contribution in [1.29, 1.82) is 0 Å². The Bertz CT molecular complexity index is 920. The number of aliphatic imine (C=N–C) groups is 1. The summed E-state index contributed by atoms with van der Waals surface area (Å²) in [6.45, 7) is 10.7. The Morgan fingerprint density at radius 3 is 2.68 bits per heavy atom. The van der Waals surface area contributed by atoms with Crippen LogP contribution in [0.5, 0.6) is 0 Å². The van der Waals surface area contributed by atoms with Crippen LogP contribution in [0.15, 0.2) is 17.4 Å². The fourth-order valence-electron chi connectivity index (χ4n) is 2.91. The van der Waals surface area contributed by atoms with Crippen LogP contribution in [0.25, 0.3) is 22.6 Å². The zero-order chi connectivity index (χ0) is 18.0. The maximum atomic E-state index is 12.7. The fraction of sp³-hybridized carbons (Fsp3) is 0.353. The molecule has 0 bridgehead atoms. The minimum Gasteiger partial charge on any atom is -0.339 e. The van der Waals surface area contributed by atoms with Crippen molar-refractivity contribution in [1.82, 2.24) is 30.0 Å². The second-order valence-electron chi connectivity index (χ2n) is 5.56. The topological polar surface area (TPSA) is 103 Å². The first-order valence-corrected chi connectivity index (χ1v) is 8.31. The molecule has 0 fully saturated rings. The third-order valence-electron chi connectivity index (χ3n) is 4.26. The van der Waals surface area contributed by atoms with E-state index in [1.807, 2.05) is 20.8 Å². The molecule has 0 aliphatic heterocycles. The summed E-state index contributed by atoms with van der Waals surface area (Å²) in [6, 6.07) is 0. The molecular formula is C17H21N7O. The lowest BCUT2D eigenvalue weighted by Crippen LogP contribution is -2.30. The lowest BCUT2D eigenvalue weighted by molar-refractivity contribution is 0.0774. The molecule has 0 saturated heterocycles. The fourth-order valence-corrected chi connectivity index (χ4v) is 2.91. The van der Waals surface area contributed by atoms with Crippen molar-refractivity contribution in [3.63, 3.8) is 0 Å². The Hall–Kier alpha value is -3.03. The van der Waals surface area contributed by atoms with Crippen LogP contribution in [0.3, 0.4) is 0 Å². The van der Waals surface area contributed by atoms with Crippen LogP contribution in [0, 0.1) is 0 Å². The number of carbonyl (C=O) groups excluding carboxylic acids is 1. The maximum absolute atomic E-state index is 12.7. The van der Waals surface area contributed by atoms with Crippen LogP contribution >= 0.6 is 0 Å². The van der Waals surface area contributed by atoms with Crippen molar-refractivity contribution in [2.45, 2.75) is 27.2 Å². The third kappa shape index (κ3) is 2.79. The van der Waals surface area contributed by atoms with E-state index in [1.165, 1.54) is 0 Å². The number of nitrogens with one attached hydrogen (secondary N) is 2. The van der Waals surface area contributed by atoms with Gasteiger partial charge in [0.05, 0.1) is 17.3 Å². The number of amides is 1. The SMILES string of the molecule is C=Nc1n[nH]c(-c2nc3c(C(=O)N(CC)CC)cncc3[nH]2)c1CC. The highest BCUT2D eigenvalue weighted by Gasteiger charge is 2.21. The van der Waals surface area contributed by atoms with Crippen LogP contribution in [0.2, 0.25) is 0 Å². The number of hydrogen-bond acceptors (Lipinski definition) is 5. The molecule has 3 aromatic heterocycles. The zero-order valence-corrected chi connectivity index (χ0v) is 14.6. The van der Waals surface area contributed by atoms with Gasteiger partial charge in [-0.3, -0.25) is 14.9 Å². The number of H-pyrrole nitrogens is 2. The second kappa shape index (κ2) is 6.84. The second-order valence-corrected chi connectivity index (χ2v) is 5.56. The van der Waals surface area contributed by atoms with Crippen molar-refractivity contribution >= 4 is 29.5 Å². The number of aromatic nitrogens is 5. The summed E-state index contributed by atoms with van der Waals surface area (Å²) in [5, 5.41) is 7.11. The highest BCUT2D eigenvalue weighted by Crippen LogP contribution is 2.29. The zero-order valence-electron chi connectivity index (χ0n) is 14.6. The van der Waals surface area contributed by atoms with Crippen molar-refractivity contribution < 1.29 is 4.79 Å². The van der Waals surface area contributed by atoms with E-state index in [0.29, 0.717) is 41.3 Å². The predicted molar refractivity (Wildman–Crippen MR) is 97.3 cm³/mol. The molecule has 130 valence electrons. The molecule has 8 nitrogen and oxygen atoms in total. The van der Waals surface area contributed by atoms with Gasteiger partial charge in [0.15, 0.2) is 11.6 Å². The highest BCUT2D eigenvalue weighted by molar-refractivity contribution is 6.04. The van der Waals surface area contributed by atoms with Crippen molar-refractivity contribution in [3.05, 3.63) is 23.5 Å². The number of pyridine rings is 1. The van der Waals surface area contributed by atoms with E-state index in [9.17, 15) is 4.79 Å². The number of rotatable bonds is 6. The molecule has 0 atom stereocenters. The molecule has 3 aromatic rings. The van der Waals surface area contributed by atoms with Gasteiger partial charge in [-0.1, -0.05) is 6.92 Å². The Labute approximate surface area is 145 Å². The molecule has 3 heterocycles. The minimum atomic E-state index is -0.0741. The van der Waals surface area contributed by atoms with E-state index in [2.05, 4.69) is 36.9 Å². The van der Waals surface area contributed by atoms with Crippen molar-refractivity contribution in [2.24, 2.45) is 4.99 Å². The summed E-state index contributed by atoms with van der Waals surface area (Å²) < 4.78 is 0. The summed E-state index contributed by atoms with van der Waals surface area (Å²) in [5.74, 6) is 1.10. The molecule has 0 radical (unpaired) electrons. The number of imidazole rings is 1. The molecule has 0 aliphatic rings. The molecule has 0 aliphatic carbocycles. The van der Waals surface area contributed by atoms with Crippen LogP contribution in [-0.2, 0) is 6.42 Å². The Morgan fingerprint density at radius 1 is 1.28 bits per heavy atom. The Balaban J connectivity index is 2.13. The van der Waals surface area contributed by atoms with Gasteiger partial charge in [0, 0.05) is 24.8 Å². The first-order valence-electron chi connectivity index (χ1n) is 8.31. The lowest BCUT2D eigenvalue weighted by atomic mass is 10.2. The number of carbonyl (C=O) groups is 1. The molecule has 2 N–H and O–H groups in total. The smallest absolute Gasteiger partial charge is 0.257 e. The number of hydrogen-bond donors (Lipinski definition) is 2. The first kappa shape index (κ1) is 16.8. The van der Waals surface area contributed by atoms with Crippen molar-refractivity contribution in [2.75, 3.05) is 13.1 Å². The van der Waals surface area contributed by atoms with Crippen LogP contribution in [-0.4, -0.2) is 55.8 Å². The average Bonchev–Trinajstić information content (AvgIpc) is 3.25. The molecule has 0 unspecified atom stereocenters. The van der Waals surface area contributed by atoms with Gasteiger partial charge in [-0.05, 0) is 27.0 Å². The molecule has 25 heavy (non-hydrogen) atoms. The summed E-state index contributed by atoms with van der Waals surface area (Å²) in [7, 11) is 0. The molecule has 0 saturated carbocycles. The summed E-state index contributed by atoms with van der Waals surface area (Å²) in [4.78, 5) is 30.4. The number of fused-ring (bicyclic) bond motifs is 1. The van der Waals surface area contributed by atoms with Gasteiger partial charge in [0.1, 0.15) is 11.2 Å². The van der Waals surface area contributed by atoms with Gasteiger partial charge in [-0.25, -0.2) is 9.98 Å². The van der Waals surface area contributed by atoms with E-state index >= 15 is 0 Å². The van der Waals surface area contributed by atoms with Gasteiger partial charge in [0.25, 0.3) is 5.91 Å². The normalized spacial score (nSPS) is 11.0. The molecular weight excluding hydrogens is 318 g/mol. The predicted octanol–water partition coefficient (Wildman–Crippen LogP) is 2.72. The van der Waals surface area contributed by atoms with Crippen LogP contribution < -0.4 is 0 Å². The van der Waals surface area contributed by atoms with Gasteiger partial charge < -0.3 is 9.88 Å². The van der Waals surface area contributed by atoms with E-state index in [0.717, 1.165) is 17.7 Å². The van der Waals surface area contributed by atoms with E-state index in [4.69, 9.17) is 0 Å². The van der Waals surface area contributed by atoms with E-state index in [1.54, 1.807) is 17.3 Å². The first-order chi connectivity index (χ1) is 12.1. The molecule has 0 aromatic carbocycles. The lowest BCUT2D eigenvalue weighted by Gasteiger charge is -2.18. The van der Waals surface area contributed by atoms with Crippen LogP contribution in [0.1, 0.15) is 36.7 Å². The average molecular weight is 339 g/mol. The summed E-state index contributed by atoms with van der Waals surface area (Å²) in [6.07, 6.45) is 3.97. The summed E-state index contributed by atoms with van der Waals surface area (Å²) in [5.41, 5.74) is 3.48. The van der Waals surface area contributed by atoms with Gasteiger partial charge in [-0.15, -0.1) is 0 Å². The molecule has 3 rings (SSSR count). The molecule has 0 spiro atoms. The van der Waals surface area contributed by atoms with Crippen molar-refractivity contribution in [3.8, 4) is 11.5 Å². The van der Waals surface area contributed by atoms with E-state index < -0.39 is 0 Å². The largest absolute Gasteiger partial charge is 0.339 e. The Kier molecular flexibility index (Phi) is 4.60. The maximum Gasteiger partial charge on any atom is 0.257 e. The van der Waals surface area contributed by atoms with E-state index in [-0.39, 0.29) is 5.91 Å². The quantitative estimate of drug-likeness (QED) is 0.674. The standard InChI is InChI=1S/C17H21N7O/c1-5-10-14(22-23-15(10)18-4)16-20-12-9-19-8-11(13(12)21-16)17(25)24(6-2)7-3/h8-9H,4-7H2,1-3H3,(H,20,21)(H,22,23). The van der Waals surface area contributed by atoms with Gasteiger partial charge >= 0.3 is 0 Å². The molecule has 8 heteroatoms. The van der Waals surface area contributed by atoms with Gasteiger partial charge in [0.2, 0.25) is 0 Å².